The molecule has 8 heteroatoms. The molecule has 1 saturated carbocycles. The van der Waals surface area contributed by atoms with Gasteiger partial charge in [-0.1, -0.05) is 36.2 Å². The smallest absolute Gasteiger partial charge is 0.315 e. The summed E-state index contributed by atoms with van der Waals surface area (Å²) in [4.78, 5) is 16.3. The number of aromatic nitrogens is 4. The molecule has 3 aromatic rings. The molecule has 27 heavy (non-hydrogen) atoms. The Kier molecular flexibility index (Phi) is 5.13. The summed E-state index contributed by atoms with van der Waals surface area (Å²) in [7, 11) is 0. The molecule has 1 aliphatic rings. The Morgan fingerprint density at radius 3 is 2.85 bits per heavy atom. The van der Waals surface area contributed by atoms with Crippen molar-refractivity contribution in [2.75, 3.05) is 6.54 Å². The van der Waals surface area contributed by atoms with E-state index < -0.39 is 0 Å². The number of rotatable bonds is 6. The number of nitrogens with zero attached hydrogens (tertiary/aromatic N) is 3. The Labute approximate surface area is 156 Å². The number of benzene rings is 1. The lowest BCUT2D eigenvalue weighted by atomic mass is 10.1. The molecule has 1 aliphatic carbocycles. The molecule has 3 N–H and O–H groups in total. The van der Waals surface area contributed by atoms with Crippen LogP contribution in [-0.4, -0.2) is 32.9 Å². The van der Waals surface area contributed by atoms with E-state index in [9.17, 15) is 4.79 Å². The minimum absolute atomic E-state index is 0.198. The van der Waals surface area contributed by atoms with E-state index in [2.05, 4.69) is 31.0 Å². The Balaban J connectivity index is 1.33. The summed E-state index contributed by atoms with van der Waals surface area (Å²) in [5, 5.41) is 16.6. The van der Waals surface area contributed by atoms with E-state index in [-0.39, 0.29) is 12.6 Å². The van der Waals surface area contributed by atoms with E-state index in [1.165, 1.54) is 25.7 Å². The first kappa shape index (κ1) is 17.3. The van der Waals surface area contributed by atoms with Crippen LogP contribution in [0.4, 0.5) is 4.79 Å². The zero-order chi connectivity index (χ0) is 18.5. The van der Waals surface area contributed by atoms with E-state index in [0.717, 1.165) is 23.4 Å². The molecule has 0 bridgehead atoms. The topological polar surface area (TPSA) is 109 Å². The van der Waals surface area contributed by atoms with Gasteiger partial charge < -0.3 is 15.2 Å². The first-order valence-electron chi connectivity index (χ1n) is 9.22. The van der Waals surface area contributed by atoms with Crippen molar-refractivity contribution in [3.8, 4) is 22.6 Å². The molecular weight excluding hydrogens is 344 g/mol. The number of carbonyl (C=O) groups is 1. The fourth-order valence-electron chi connectivity index (χ4n) is 3.36. The van der Waals surface area contributed by atoms with Crippen LogP contribution in [0.3, 0.4) is 0 Å². The van der Waals surface area contributed by atoms with Crippen molar-refractivity contribution in [2.45, 2.75) is 32.2 Å². The van der Waals surface area contributed by atoms with Crippen LogP contribution in [0, 0.1) is 5.92 Å². The number of hydrogen-bond donors (Lipinski definition) is 3. The molecule has 0 spiro atoms. The van der Waals surface area contributed by atoms with Crippen LogP contribution >= 0.6 is 0 Å². The summed E-state index contributed by atoms with van der Waals surface area (Å²) >= 11 is 0. The predicted molar refractivity (Wildman–Crippen MR) is 99.5 cm³/mol. The molecular formula is C19H22N6O2. The molecule has 0 radical (unpaired) electrons. The fourth-order valence-corrected chi connectivity index (χ4v) is 3.36. The average molecular weight is 366 g/mol. The molecule has 0 saturated heterocycles. The van der Waals surface area contributed by atoms with Crippen molar-refractivity contribution in [3.63, 3.8) is 0 Å². The maximum Gasteiger partial charge on any atom is 0.315 e. The third-order valence-corrected chi connectivity index (χ3v) is 4.83. The molecule has 0 aliphatic heterocycles. The van der Waals surface area contributed by atoms with Crippen LogP contribution < -0.4 is 10.6 Å². The first-order chi connectivity index (χ1) is 13.3. The number of carbonyl (C=O) groups excluding carboxylic acids is 1. The summed E-state index contributed by atoms with van der Waals surface area (Å²) in [6.45, 7) is 0.922. The van der Waals surface area contributed by atoms with Gasteiger partial charge in [0.15, 0.2) is 0 Å². The number of nitrogens with one attached hydrogen (secondary N) is 3. The second-order valence-electron chi connectivity index (χ2n) is 6.78. The lowest BCUT2D eigenvalue weighted by Gasteiger charge is -2.10. The average Bonchev–Trinajstić information content (AvgIpc) is 3.47. The Morgan fingerprint density at radius 1 is 1.19 bits per heavy atom. The highest BCUT2D eigenvalue weighted by Gasteiger charge is 2.16. The highest BCUT2D eigenvalue weighted by molar-refractivity contribution is 5.73. The van der Waals surface area contributed by atoms with E-state index in [1.807, 2.05) is 30.3 Å². The van der Waals surface area contributed by atoms with Crippen LogP contribution in [0.2, 0.25) is 0 Å². The Morgan fingerprint density at radius 2 is 2.04 bits per heavy atom. The van der Waals surface area contributed by atoms with Crippen molar-refractivity contribution < 1.29 is 9.32 Å². The number of aromatic amines is 1. The lowest BCUT2D eigenvalue weighted by Crippen LogP contribution is -2.37. The monoisotopic (exact) mass is 366 g/mol. The fraction of sp³-hybridized carbons (Fsp3) is 0.368. The van der Waals surface area contributed by atoms with Crippen molar-refractivity contribution in [2.24, 2.45) is 5.92 Å². The Bertz CT molecular complexity index is 883. The van der Waals surface area contributed by atoms with E-state index >= 15 is 0 Å². The zero-order valence-electron chi connectivity index (χ0n) is 14.9. The minimum Gasteiger partial charge on any atom is -0.338 e. The molecule has 8 nitrogen and oxygen atoms in total. The molecule has 0 atom stereocenters. The lowest BCUT2D eigenvalue weighted by molar-refractivity contribution is 0.236. The van der Waals surface area contributed by atoms with E-state index in [1.54, 1.807) is 6.20 Å². The summed E-state index contributed by atoms with van der Waals surface area (Å²) in [5.41, 5.74) is 2.74. The van der Waals surface area contributed by atoms with Gasteiger partial charge in [-0.05, 0) is 30.9 Å². The predicted octanol–water partition coefficient (Wildman–Crippen LogP) is 3.12. The molecule has 1 fully saturated rings. The second kappa shape index (κ2) is 8.03. The maximum atomic E-state index is 11.9. The molecule has 2 amide bonds. The zero-order valence-corrected chi connectivity index (χ0v) is 14.9. The van der Waals surface area contributed by atoms with Crippen LogP contribution in [0.15, 0.2) is 41.1 Å². The number of H-pyrrole nitrogens is 1. The van der Waals surface area contributed by atoms with Crippen LogP contribution in [0.1, 0.15) is 31.6 Å². The SMILES string of the molecule is O=C(NCc1nc(-c2cccc(-c3ccn[nH]3)c2)no1)NCC1CCCC1. The minimum atomic E-state index is -0.206. The Hall–Kier alpha value is -3.16. The number of urea groups is 1. The van der Waals surface area contributed by atoms with Gasteiger partial charge in [-0.25, -0.2) is 4.79 Å². The number of amides is 2. The van der Waals surface area contributed by atoms with Gasteiger partial charge in [0.1, 0.15) is 0 Å². The number of hydrogen-bond acceptors (Lipinski definition) is 5. The highest BCUT2D eigenvalue weighted by atomic mass is 16.5. The van der Waals surface area contributed by atoms with E-state index in [4.69, 9.17) is 4.52 Å². The van der Waals surface area contributed by atoms with Gasteiger partial charge in [-0.3, -0.25) is 5.10 Å². The molecule has 2 aromatic heterocycles. The second-order valence-corrected chi connectivity index (χ2v) is 6.78. The molecule has 1 aromatic carbocycles. The van der Waals surface area contributed by atoms with Crippen LogP contribution in [0.5, 0.6) is 0 Å². The normalized spacial score (nSPS) is 14.4. The first-order valence-corrected chi connectivity index (χ1v) is 9.22. The van der Waals surface area contributed by atoms with Gasteiger partial charge in [-0.2, -0.15) is 10.1 Å². The largest absolute Gasteiger partial charge is 0.338 e. The van der Waals surface area contributed by atoms with Gasteiger partial charge >= 0.3 is 6.03 Å². The molecule has 140 valence electrons. The van der Waals surface area contributed by atoms with E-state index in [0.29, 0.717) is 17.6 Å². The van der Waals surface area contributed by atoms with Gasteiger partial charge in [0.05, 0.1) is 12.2 Å². The maximum absolute atomic E-state index is 11.9. The molecule has 4 rings (SSSR count). The molecule has 2 heterocycles. The summed E-state index contributed by atoms with van der Waals surface area (Å²) in [6.07, 6.45) is 6.63. The van der Waals surface area contributed by atoms with Crippen molar-refractivity contribution in [3.05, 3.63) is 42.4 Å². The highest BCUT2D eigenvalue weighted by Crippen LogP contribution is 2.24. The third-order valence-electron chi connectivity index (χ3n) is 4.83. The van der Waals surface area contributed by atoms with Gasteiger partial charge in [-0.15, -0.1) is 0 Å². The molecule has 0 unspecified atom stereocenters. The van der Waals surface area contributed by atoms with Gasteiger partial charge in [0.2, 0.25) is 11.7 Å². The van der Waals surface area contributed by atoms with Crippen LogP contribution in [0.25, 0.3) is 22.6 Å². The quantitative estimate of drug-likeness (QED) is 0.621. The van der Waals surface area contributed by atoms with Crippen LogP contribution in [-0.2, 0) is 6.54 Å². The van der Waals surface area contributed by atoms with Crippen molar-refractivity contribution >= 4 is 6.03 Å². The standard InChI is InChI=1S/C19H22N6O2/c26-19(20-11-13-4-1-2-5-13)21-12-17-23-18(25-27-17)15-7-3-6-14(10-15)16-8-9-22-24-16/h3,6-10,13H,1-2,4-5,11-12H2,(H,22,24)(H2,20,21,26). The van der Waals surface area contributed by atoms with Gasteiger partial charge in [0, 0.05) is 23.9 Å². The van der Waals surface area contributed by atoms with Gasteiger partial charge in [0.25, 0.3) is 0 Å². The summed E-state index contributed by atoms with van der Waals surface area (Å²) < 4.78 is 5.25. The summed E-state index contributed by atoms with van der Waals surface area (Å²) in [6, 6.07) is 9.47. The van der Waals surface area contributed by atoms with Crippen molar-refractivity contribution in [1.82, 2.24) is 31.0 Å². The van der Waals surface area contributed by atoms with Crippen molar-refractivity contribution in [1.29, 1.82) is 0 Å². The third kappa shape index (κ3) is 4.33. The summed E-state index contributed by atoms with van der Waals surface area (Å²) in [5.74, 6) is 1.46.